The Morgan fingerprint density at radius 2 is 1.58 bits per heavy atom. The molecule has 6 rings (SSSR count). The summed E-state index contributed by atoms with van der Waals surface area (Å²) in [6.07, 6.45) is 6.75. The standard InChI is InChI=1S/C16H23N5O6.C11H15N5O7S.Na/c1-16(2,3)27-15(24)19-6-10(17-9-19)8-26-18-13(22)12-5-4-11-7-20(12)14(23)21(11)25;17-10(14-22-5-7-3-12-6-13-7)9-2-1-8-4-15(9)11(18)16(8)23-24(19,20)21;/h6,9,11-12,25H,4-5,7-8H2,1-3H3,(H,18,22);3,6,8-9H,1-2,4-5H2,(H,12,13)(H,14,17)(H,19,20,21);/q;;+1/p-1/t11-,12+;8-,9+;/m11./s1. The van der Waals surface area contributed by atoms with E-state index in [9.17, 15) is 42.2 Å². The molecule has 6 amide bonds. The van der Waals surface area contributed by atoms with E-state index in [-0.39, 0.29) is 61.8 Å². The zero-order chi connectivity index (χ0) is 37.1. The van der Waals surface area contributed by atoms with Crippen molar-refractivity contribution < 1.29 is 90.4 Å². The van der Waals surface area contributed by atoms with Crippen LogP contribution in [0.15, 0.2) is 25.0 Å². The van der Waals surface area contributed by atoms with Crippen molar-refractivity contribution >= 4 is 40.4 Å². The Morgan fingerprint density at radius 3 is 2.17 bits per heavy atom. The molecule has 23 nitrogen and oxygen atoms in total. The van der Waals surface area contributed by atoms with Gasteiger partial charge in [-0.15, -0.1) is 0 Å². The van der Waals surface area contributed by atoms with Crippen molar-refractivity contribution in [1.29, 1.82) is 0 Å². The number of hydroxylamine groups is 6. The van der Waals surface area contributed by atoms with Crippen LogP contribution in [0, 0.1) is 0 Å². The minimum Gasteiger partial charge on any atom is -0.724 e. The second-order valence-corrected chi connectivity index (χ2v) is 13.8. The number of urea groups is 2. The second-order valence-electron chi connectivity index (χ2n) is 12.9. The van der Waals surface area contributed by atoms with Crippen molar-refractivity contribution in [3.63, 3.8) is 0 Å². The van der Waals surface area contributed by atoms with Crippen LogP contribution < -0.4 is 40.5 Å². The van der Waals surface area contributed by atoms with Crippen molar-refractivity contribution in [3.05, 3.63) is 36.4 Å². The Hall–Kier alpha value is -3.88. The number of imidazole rings is 2. The smallest absolute Gasteiger partial charge is 0.724 e. The van der Waals surface area contributed by atoms with E-state index in [0.717, 1.165) is 4.90 Å². The van der Waals surface area contributed by atoms with Gasteiger partial charge in [0.1, 0.15) is 37.2 Å². The number of nitrogens with one attached hydrogen (secondary N) is 3. The third-order valence-electron chi connectivity index (χ3n) is 8.03. The Morgan fingerprint density at radius 1 is 0.981 bits per heavy atom. The van der Waals surface area contributed by atoms with E-state index in [1.807, 2.05) is 0 Å². The Bertz CT molecular complexity index is 1720. The van der Waals surface area contributed by atoms with E-state index in [1.54, 1.807) is 20.8 Å². The first kappa shape index (κ1) is 40.9. The van der Waals surface area contributed by atoms with Crippen LogP contribution in [-0.4, -0.2) is 130 Å². The molecule has 4 N–H and O–H groups in total. The number of ether oxygens (including phenoxy) is 1. The summed E-state index contributed by atoms with van der Waals surface area (Å²) in [5, 5.41) is 10.8. The third-order valence-corrected chi connectivity index (χ3v) is 8.38. The van der Waals surface area contributed by atoms with Crippen molar-refractivity contribution in [2.75, 3.05) is 13.1 Å². The molecule has 0 radical (unpaired) electrons. The maximum Gasteiger partial charge on any atom is 1.00 e. The fraction of sp³-hybridized carbons (Fsp3) is 0.593. The fourth-order valence-corrected chi connectivity index (χ4v) is 6.12. The average molecular weight is 765 g/mol. The molecule has 0 aliphatic carbocycles. The van der Waals surface area contributed by atoms with Crippen LogP contribution in [0.25, 0.3) is 0 Å². The molecule has 0 saturated carbocycles. The molecule has 0 aromatic carbocycles. The van der Waals surface area contributed by atoms with E-state index in [2.05, 4.69) is 30.2 Å². The van der Waals surface area contributed by atoms with Gasteiger partial charge in [-0.25, -0.2) is 53.4 Å². The molecule has 52 heavy (non-hydrogen) atoms. The molecule has 4 atom stereocenters. The number of hydrogen-bond acceptors (Lipinski definition) is 15. The molecule has 4 aliphatic heterocycles. The number of fused-ring (bicyclic) bond motifs is 4. The Balaban J connectivity index is 0.000000230. The predicted molar refractivity (Wildman–Crippen MR) is 162 cm³/mol. The summed E-state index contributed by atoms with van der Waals surface area (Å²) < 4.78 is 42.7. The summed E-state index contributed by atoms with van der Waals surface area (Å²) in [5.41, 5.74) is 4.98. The zero-order valence-electron chi connectivity index (χ0n) is 28.7. The minimum absolute atomic E-state index is 0. The number of carbonyl (C=O) groups excluding carboxylic acids is 5. The number of aromatic amines is 1. The van der Waals surface area contributed by atoms with Gasteiger partial charge in [-0.2, -0.15) is 9.35 Å². The topological polar surface area (TPSA) is 283 Å². The van der Waals surface area contributed by atoms with Crippen molar-refractivity contribution in [3.8, 4) is 0 Å². The predicted octanol–water partition coefficient (Wildman–Crippen LogP) is -3.51. The van der Waals surface area contributed by atoms with Crippen LogP contribution in [0.2, 0.25) is 0 Å². The second kappa shape index (κ2) is 16.9. The van der Waals surface area contributed by atoms with Crippen molar-refractivity contribution in [2.45, 2.75) is 89.4 Å². The van der Waals surface area contributed by atoms with Crippen LogP contribution in [-0.2, 0) is 51.9 Å². The van der Waals surface area contributed by atoms with E-state index in [1.165, 1.54) is 34.5 Å². The number of H-pyrrole nitrogens is 1. The maximum atomic E-state index is 12.3. The molecule has 0 unspecified atom stereocenters. The fourth-order valence-electron chi connectivity index (χ4n) is 5.74. The summed E-state index contributed by atoms with van der Waals surface area (Å²) in [5.74, 6) is -1.02. The molecule has 4 fully saturated rings. The first-order chi connectivity index (χ1) is 24.0. The molecule has 4 bridgehead atoms. The number of carbonyl (C=O) groups is 5. The van der Waals surface area contributed by atoms with Crippen LogP contribution in [0.5, 0.6) is 0 Å². The van der Waals surface area contributed by atoms with Crippen LogP contribution >= 0.6 is 0 Å². The van der Waals surface area contributed by atoms with Gasteiger partial charge < -0.3 is 24.1 Å². The summed E-state index contributed by atoms with van der Waals surface area (Å²) in [6, 6.07) is -3.79. The van der Waals surface area contributed by atoms with Gasteiger partial charge in [-0.1, -0.05) is 0 Å². The molecule has 4 saturated heterocycles. The van der Waals surface area contributed by atoms with Crippen molar-refractivity contribution in [2.24, 2.45) is 0 Å². The zero-order valence-corrected chi connectivity index (χ0v) is 31.5. The number of amides is 6. The molecular weight excluding hydrogens is 727 g/mol. The summed E-state index contributed by atoms with van der Waals surface area (Å²) in [7, 11) is -5.06. The minimum atomic E-state index is -5.06. The number of rotatable bonds is 10. The monoisotopic (exact) mass is 764 g/mol. The number of piperidine rings is 2. The summed E-state index contributed by atoms with van der Waals surface area (Å²) in [4.78, 5) is 83.6. The summed E-state index contributed by atoms with van der Waals surface area (Å²) >= 11 is 0. The van der Waals surface area contributed by atoms with Gasteiger partial charge in [0.25, 0.3) is 11.8 Å². The first-order valence-electron chi connectivity index (χ1n) is 15.6. The normalized spacial score (nSPS) is 22.4. The molecule has 6 heterocycles. The molecule has 4 aliphatic rings. The van der Waals surface area contributed by atoms with Gasteiger partial charge >= 0.3 is 47.7 Å². The molecule has 25 heteroatoms. The number of hydrogen-bond donors (Lipinski definition) is 4. The van der Waals surface area contributed by atoms with Gasteiger partial charge in [0.15, 0.2) is 0 Å². The quantitative estimate of drug-likeness (QED) is 0.0600. The largest absolute Gasteiger partial charge is 1.00 e. The van der Waals surface area contributed by atoms with Crippen molar-refractivity contribution in [1.82, 2.24) is 50.4 Å². The molecule has 2 aromatic rings. The Kier molecular flexibility index (Phi) is 13.2. The molecule has 280 valence electrons. The van der Waals surface area contributed by atoms with E-state index in [0.29, 0.717) is 47.3 Å². The average Bonchev–Trinajstić information content (AvgIpc) is 3.84. The molecular formula is C27H37N10NaO13S. The van der Waals surface area contributed by atoms with Gasteiger partial charge in [0.05, 0.1) is 36.0 Å². The first-order valence-corrected chi connectivity index (χ1v) is 16.9. The van der Waals surface area contributed by atoms with E-state index >= 15 is 0 Å². The van der Waals surface area contributed by atoms with Gasteiger partial charge in [-0.05, 0) is 46.5 Å². The van der Waals surface area contributed by atoms with Gasteiger partial charge in [0, 0.05) is 19.3 Å². The summed E-state index contributed by atoms with van der Waals surface area (Å²) in [6.45, 7) is 5.69. The van der Waals surface area contributed by atoms with E-state index in [4.69, 9.17) is 14.4 Å². The van der Waals surface area contributed by atoms with Crippen LogP contribution in [0.3, 0.4) is 0 Å². The molecule has 0 spiro atoms. The van der Waals surface area contributed by atoms with Crippen LogP contribution in [0.4, 0.5) is 14.4 Å². The van der Waals surface area contributed by atoms with Gasteiger partial charge in [-0.3, -0.25) is 24.5 Å². The number of nitrogens with zero attached hydrogens (tertiary/aromatic N) is 7. The molecule has 2 aromatic heterocycles. The maximum absolute atomic E-state index is 12.3. The SMILES string of the molecule is CC(C)(C)OC(=O)n1cnc(CONC(=O)[C@@H]2CC[C@@H]3CN2C(=O)N3O)c1.O=C(NOCc1cnc[nH]1)[C@@H]1CC[C@@H]2CN1C(=O)N2OS(=O)(=O)[O-].[Na+]. The third kappa shape index (κ3) is 10.2. The number of aromatic nitrogens is 4. The van der Waals surface area contributed by atoms with E-state index < -0.39 is 64.1 Å². The Labute approximate surface area is 318 Å². The van der Waals surface area contributed by atoms with Crippen LogP contribution in [0.1, 0.15) is 57.8 Å². The van der Waals surface area contributed by atoms with Gasteiger partial charge in [0.2, 0.25) is 10.4 Å².